The lowest BCUT2D eigenvalue weighted by Crippen LogP contribution is -2.33. The van der Waals surface area contributed by atoms with Crippen LogP contribution in [0, 0.1) is 0 Å². The van der Waals surface area contributed by atoms with Crippen molar-refractivity contribution in [2.24, 2.45) is 0 Å². The molecule has 0 aliphatic heterocycles. The van der Waals surface area contributed by atoms with Crippen molar-refractivity contribution in [1.29, 1.82) is 0 Å². The maximum Gasteiger partial charge on any atom is 0.416 e. The van der Waals surface area contributed by atoms with E-state index >= 15 is 0 Å². The average molecular weight is 297 g/mol. The summed E-state index contributed by atoms with van der Waals surface area (Å²) in [5.41, 5.74) is 0.262. The first-order chi connectivity index (χ1) is 9.99. The summed E-state index contributed by atoms with van der Waals surface area (Å²) < 4.78 is 37.6. The molecule has 1 unspecified atom stereocenters. The summed E-state index contributed by atoms with van der Waals surface area (Å²) in [6, 6.07) is 5.47. The number of aromatic amines is 1. The summed E-state index contributed by atoms with van der Waals surface area (Å²) >= 11 is 0. The Morgan fingerprint density at radius 3 is 2.43 bits per heavy atom. The summed E-state index contributed by atoms with van der Waals surface area (Å²) in [4.78, 5) is 7.22. The minimum absolute atomic E-state index is 0.137. The zero-order valence-electron chi connectivity index (χ0n) is 11.7. The maximum absolute atomic E-state index is 12.5. The van der Waals surface area contributed by atoms with Gasteiger partial charge in [0.2, 0.25) is 0 Å². The smallest absolute Gasteiger partial charge is 0.349 e. The van der Waals surface area contributed by atoms with Crippen LogP contribution in [-0.4, -0.2) is 22.6 Å². The molecule has 0 fully saturated rings. The van der Waals surface area contributed by atoms with Gasteiger partial charge in [-0.1, -0.05) is 19.1 Å². The van der Waals surface area contributed by atoms with E-state index in [-0.39, 0.29) is 6.04 Å². The molecule has 2 rings (SSSR count). The summed E-state index contributed by atoms with van der Waals surface area (Å²) in [6.45, 7) is 2.80. The van der Waals surface area contributed by atoms with Gasteiger partial charge in [0.05, 0.1) is 5.56 Å². The number of alkyl halides is 3. The molecule has 1 atom stereocenters. The molecule has 114 valence electrons. The second kappa shape index (κ2) is 6.76. The predicted molar refractivity (Wildman–Crippen MR) is 74.9 cm³/mol. The second-order valence-electron chi connectivity index (χ2n) is 4.89. The van der Waals surface area contributed by atoms with Crippen LogP contribution >= 0.6 is 0 Å². The van der Waals surface area contributed by atoms with Gasteiger partial charge < -0.3 is 10.3 Å². The first kappa shape index (κ1) is 15.6. The van der Waals surface area contributed by atoms with E-state index < -0.39 is 11.7 Å². The Labute approximate surface area is 121 Å². The Morgan fingerprint density at radius 1 is 1.19 bits per heavy atom. The van der Waals surface area contributed by atoms with E-state index in [1.807, 2.05) is 6.92 Å². The van der Waals surface area contributed by atoms with Crippen molar-refractivity contribution in [2.75, 3.05) is 6.54 Å². The monoisotopic (exact) mass is 297 g/mol. The Bertz CT molecular complexity index is 532. The van der Waals surface area contributed by atoms with E-state index in [1.165, 1.54) is 12.1 Å². The molecule has 0 amide bonds. The van der Waals surface area contributed by atoms with Crippen LogP contribution in [0.1, 0.15) is 23.9 Å². The average Bonchev–Trinajstić information content (AvgIpc) is 2.91. The number of hydrogen-bond acceptors (Lipinski definition) is 2. The van der Waals surface area contributed by atoms with E-state index in [9.17, 15) is 13.2 Å². The number of aromatic nitrogens is 2. The van der Waals surface area contributed by atoms with E-state index in [0.717, 1.165) is 30.1 Å². The normalized spacial score (nSPS) is 13.3. The lowest BCUT2D eigenvalue weighted by Gasteiger charge is -2.17. The van der Waals surface area contributed by atoms with Gasteiger partial charge >= 0.3 is 6.18 Å². The molecule has 1 aromatic heterocycles. The van der Waals surface area contributed by atoms with Crippen molar-refractivity contribution >= 4 is 0 Å². The van der Waals surface area contributed by atoms with Crippen LogP contribution in [-0.2, 0) is 19.0 Å². The van der Waals surface area contributed by atoms with E-state index in [1.54, 1.807) is 12.4 Å². The number of benzene rings is 1. The molecular weight excluding hydrogens is 279 g/mol. The Morgan fingerprint density at radius 2 is 1.90 bits per heavy atom. The molecule has 0 bridgehead atoms. The lowest BCUT2D eigenvalue weighted by atomic mass is 10.0. The topological polar surface area (TPSA) is 40.7 Å². The largest absolute Gasteiger partial charge is 0.416 e. The summed E-state index contributed by atoms with van der Waals surface area (Å²) in [5.74, 6) is 0.868. The molecule has 21 heavy (non-hydrogen) atoms. The van der Waals surface area contributed by atoms with Crippen LogP contribution in [0.15, 0.2) is 36.7 Å². The van der Waals surface area contributed by atoms with Gasteiger partial charge in [0.1, 0.15) is 5.82 Å². The molecule has 0 aliphatic carbocycles. The molecule has 3 nitrogen and oxygen atoms in total. The van der Waals surface area contributed by atoms with Crippen LogP contribution in [0.25, 0.3) is 0 Å². The predicted octanol–water partition coefficient (Wildman–Crippen LogP) is 3.19. The molecular formula is C15H18F3N3. The van der Waals surface area contributed by atoms with Gasteiger partial charge in [-0.2, -0.15) is 13.2 Å². The van der Waals surface area contributed by atoms with Gasteiger partial charge in [-0.3, -0.25) is 0 Å². The molecule has 2 aromatic rings. The lowest BCUT2D eigenvalue weighted by molar-refractivity contribution is -0.137. The Kier molecular flexibility index (Phi) is 5.01. The minimum Gasteiger partial charge on any atom is -0.349 e. The zero-order valence-corrected chi connectivity index (χ0v) is 11.7. The number of imidazole rings is 1. The third-order valence-electron chi connectivity index (χ3n) is 3.25. The number of likely N-dealkylation sites (N-methyl/N-ethyl adjacent to an activating group) is 1. The van der Waals surface area contributed by atoms with Crippen molar-refractivity contribution in [1.82, 2.24) is 15.3 Å². The minimum atomic E-state index is -4.28. The molecule has 0 radical (unpaired) electrons. The number of rotatable bonds is 6. The van der Waals surface area contributed by atoms with Gasteiger partial charge in [-0.15, -0.1) is 0 Å². The van der Waals surface area contributed by atoms with E-state index in [4.69, 9.17) is 0 Å². The molecule has 2 N–H and O–H groups in total. The number of nitrogens with zero attached hydrogens (tertiary/aromatic N) is 1. The highest BCUT2D eigenvalue weighted by molar-refractivity contribution is 5.25. The van der Waals surface area contributed by atoms with Crippen molar-refractivity contribution < 1.29 is 13.2 Å². The summed E-state index contributed by atoms with van der Waals surface area (Å²) in [6.07, 6.45) is 0.537. The fourth-order valence-electron chi connectivity index (χ4n) is 2.26. The molecule has 0 saturated heterocycles. The van der Waals surface area contributed by atoms with Crippen LogP contribution < -0.4 is 5.32 Å². The van der Waals surface area contributed by atoms with Crippen LogP contribution in [0.5, 0.6) is 0 Å². The number of hydrogen-bond donors (Lipinski definition) is 2. The van der Waals surface area contributed by atoms with Crippen LogP contribution in [0.3, 0.4) is 0 Å². The van der Waals surface area contributed by atoms with Gasteiger partial charge in [-0.05, 0) is 30.7 Å². The summed E-state index contributed by atoms with van der Waals surface area (Å²) in [5, 5.41) is 3.33. The molecule has 1 aromatic carbocycles. The first-order valence-electron chi connectivity index (χ1n) is 6.87. The Balaban J connectivity index is 2.02. The van der Waals surface area contributed by atoms with Crippen molar-refractivity contribution in [2.45, 2.75) is 32.0 Å². The first-order valence-corrected chi connectivity index (χ1v) is 6.87. The maximum atomic E-state index is 12.5. The Hall–Kier alpha value is -1.82. The highest BCUT2D eigenvalue weighted by atomic mass is 19.4. The molecule has 6 heteroatoms. The SMILES string of the molecule is CCNC(Cc1ccc(C(F)(F)F)cc1)Cc1ncc[nH]1. The fraction of sp³-hybridized carbons (Fsp3) is 0.400. The quantitative estimate of drug-likeness (QED) is 0.859. The van der Waals surface area contributed by atoms with Crippen molar-refractivity contribution in [3.63, 3.8) is 0 Å². The number of nitrogens with one attached hydrogen (secondary N) is 2. The van der Waals surface area contributed by atoms with Gasteiger partial charge in [0, 0.05) is 24.9 Å². The zero-order chi connectivity index (χ0) is 15.3. The van der Waals surface area contributed by atoms with Crippen LogP contribution in [0.4, 0.5) is 13.2 Å². The van der Waals surface area contributed by atoms with Crippen LogP contribution in [0.2, 0.25) is 0 Å². The standard InChI is InChI=1S/C15H18F3N3/c1-2-19-13(10-14-20-7-8-21-14)9-11-3-5-12(6-4-11)15(16,17)18/h3-8,13,19H,2,9-10H2,1H3,(H,20,21). The number of halogens is 3. The van der Waals surface area contributed by atoms with E-state index in [2.05, 4.69) is 15.3 Å². The third kappa shape index (κ3) is 4.60. The van der Waals surface area contributed by atoms with Crippen molar-refractivity contribution in [3.8, 4) is 0 Å². The third-order valence-corrected chi connectivity index (χ3v) is 3.25. The molecule has 0 aliphatic rings. The van der Waals surface area contributed by atoms with Gasteiger partial charge in [-0.25, -0.2) is 4.98 Å². The van der Waals surface area contributed by atoms with Crippen molar-refractivity contribution in [3.05, 3.63) is 53.6 Å². The fourth-order valence-corrected chi connectivity index (χ4v) is 2.26. The van der Waals surface area contributed by atoms with E-state index in [0.29, 0.717) is 12.8 Å². The highest BCUT2D eigenvalue weighted by Gasteiger charge is 2.29. The summed E-state index contributed by atoms with van der Waals surface area (Å²) in [7, 11) is 0. The number of H-pyrrole nitrogens is 1. The molecule has 0 saturated carbocycles. The molecule has 0 spiro atoms. The molecule has 1 heterocycles. The second-order valence-corrected chi connectivity index (χ2v) is 4.89. The van der Waals surface area contributed by atoms with Gasteiger partial charge in [0.25, 0.3) is 0 Å². The highest BCUT2D eigenvalue weighted by Crippen LogP contribution is 2.29. The van der Waals surface area contributed by atoms with Gasteiger partial charge in [0.15, 0.2) is 0 Å².